The number of aliphatic imine (C=N–C) groups is 1. The minimum Gasteiger partial charge on any atom is -0.508 e. The van der Waals surface area contributed by atoms with Crippen molar-refractivity contribution in [2.45, 2.75) is 102 Å². The molecule has 4 atom stereocenters. The second-order valence-electron chi connectivity index (χ2n) is 19.4. The molecular weight excluding hydrogens is 979 g/mol. The number of phenolic OH excluding ortho intramolecular Hbond substituents is 1. The number of ether oxygens (including phenoxy) is 1. The van der Waals surface area contributed by atoms with E-state index in [1.165, 1.54) is 12.1 Å². The zero-order valence-corrected chi connectivity index (χ0v) is 44.4. The van der Waals surface area contributed by atoms with Gasteiger partial charge in [-0.15, -0.1) is 0 Å². The molecule has 0 aliphatic carbocycles. The molecule has 19 heteroatoms. The zero-order chi connectivity index (χ0) is 55.6. The maximum atomic E-state index is 14.3. The smallest absolute Gasteiger partial charge is 0.408 e. The Morgan fingerprint density at radius 3 is 1.77 bits per heavy atom. The molecule has 7 amide bonds. The summed E-state index contributed by atoms with van der Waals surface area (Å²) in [7, 11) is 0. The first-order valence-corrected chi connectivity index (χ1v) is 26.0. The molecule has 0 saturated carbocycles. The summed E-state index contributed by atoms with van der Waals surface area (Å²) in [6, 6.07) is 37.8. The third kappa shape index (κ3) is 21.4. The molecule has 0 aromatic heterocycles. The van der Waals surface area contributed by atoms with E-state index < -0.39 is 59.5 Å². The lowest BCUT2D eigenvalue weighted by Gasteiger charge is -2.24. The number of aromatic hydroxyl groups is 1. The Labute approximate surface area is 451 Å². The molecule has 0 saturated heterocycles. The molecule has 410 valence electrons. The van der Waals surface area contributed by atoms with E-state index in [0.717, 1.165) is 27.9 Å². The summed E-state index contributed by atoms with van der Waals surface area (Å²) in [5.41, 5.74) is 17.4. The van der Waals surface area contributed by atoms with Gasteiger partial charge in [0.05, 0.1) is 12.0 Å². The maximum Gasteiger partial charge on any atom is 0.408 e. The minimum atomic E-state index is -0.947. The van der Waals surface area contributed by atoms with Gasteiger partial charge in [0.25, 0.3) is 0 Å². The molecule has 0 heterocycles. The number of rotatable bonds is 27. The fraction of sp³-hybridized carbons (Fsp3) is 0.362. The van der Waals surface area contributed by atoms with Crippen LogP contribution in [0.3, 0.4) is 0 Å². The molecule has 5 rings (SSSR count). The topological polar surface area (TPSA) is 293 Å². The van der Waals surface area contributed by atoms with Crippen LogP contribution in [0.4, 0.5) is 15.3 Å². The number of benzene rings is 5. The van der Waals surface area contributed by atoms with Crippen molar-refractivity contribution < 1.29 is 38.6 Å². The number of carbonyl (C=O) groups is 6. The number of phenols is 1. The van der Waals surface area contributed by atoms with Crippen LogP contribution in [0.1, 0.15) is 88.0 Å². The first kappa shape index (κ1) is 59.4. The predicted octanol–water partition coefficient (Wildman–Crippen LogP) is 5.68. The Kier molecular flexibility index (Phi) is 23.8. The third-order valence-electron chi connectivity index (χ3n) is 12.0. The lowest BCUT2D eigenvalue weighted by molar-refractivity contribution is -0.129. The summed E-state index contributed by atoms with van der Waals surface area (Å²) in [5, 5.41) is 32.8. The van der Waals surface area contributed by atoms with E-state index in [0.29, 0.717) is 56.4 Å². The molecule has 19 nitrogen and oxygen atoms in total. The summed E-state index contributed by atoms with van der Waals surface area (Å²) >= 11 is 0. The predicted molar refractivity (Wildman–Crippen MR) is 300 cm³/mol. The van der Waals surface area contributed by atoms with Gasteiger partial charge in [0.1, 0.15) is 23.4 Å². The molecule has 1 unspecified atom stereocenters. The second-order valence-corrected chi connectivity index (χ2v) is 19.4. The van der Waals surface area contributed by atoms with Gasteiger partial charge in [-0.1, -0.05) is 109 Å². The van der Waals surface area contributed by atoms with E-state index in [4.69, 9.17) is 16.2 Å². The number of nitrogens with one attached hydrogen (secondary N) is 8. The fourth-order valence-electron chi connectivity index (χ4n) is 8.08. The van der Waals surface area contributed by atoms with Crippen molar-refractivity contribution >= 4 is 47.4 Å². The van der Waals surface area contributed by atoms with Crippen molar-refractivity contribution in [1.29, 1.82) is 0 Å². The van der Waals surface area contributed by atoms with Crippen LogP contribution < -0.4 is 54.0 Å². The average molecular weight is 1050 g/mol. The van der Waals surface area contributed by atoms with Crippen LogP contribution in [-0.2, 0) is 36.9 Å². The van der Waals surface area contributed by atoms with Crippen LogP contribution in [0.2, 0.25) is 0 Å². The Hall–Kier alpha value is -8.45. The van der Waals surface area contributed by atoms with Gasteiger partial charge in [0.15, 0.2) is 5.96 Å². The zero-order valence-electron chi connectivity index (χ0n) is 44.4. The van der Waals surface area contributed by atoms with Crippen molar-refractivity contribution in [3.05, 3.63) is 156 Å². The molecule has 0 aliphatic rings. The molecule has 0 bridgehead atoms. The number of anilines is 1. The van der Waals surface area contributed by atoms with Gasteiger partial charge in [-0.3, -0.25) is 19.2 Å². The summed E-state index contributed by atoms with van der Waals surface area (Å²) in [5.74, 6) is -2.28. The van der Waals surface area contributed by atoms with Gasteiger partial charge < -0.3 is 63.8 Å². The van der Waals surface area contributed by atoms with Crippen molar-refractivity contribution in [2.24, 2.45) is 16.5 Å². The maximum absolute atomic E-state index is 14.3. The highest BCUT2D eigenvalue weighted by atomic mass is 16.6. The standard InChI is InChI=1S/C58H75N11O8/c1-5-61-56(75)69-55(60)65-34-13-19-48(53(73)66-38-40-23-31-46(70)32-24-40)67-54(74)50(43-17-10-7-11-18-43)44-27-29-45(30-28-44)62-35-14-36-64-52(72)49(68-57(76)77-58(2,3)4)20-12-33-63-51(71)47(59)37-39-21-25-42(26-22-39)41-15-8-6-9-16-41/h6-11,15-18,21-32,47-50,62,70H,5,12-14,19-20,33-38,59H2,1-4H3,(H,63,71)(H,64,72)(H,66,73)(H,67,74)(H,68,76)(H4,60,61,65,69,75)/t47-,48-,49-,50?/m1/s1. The van der Waals surface area contributed by atoms with E-state index in [9.17, 15) is 33.9 Å². The Morgan fingerprint density at radius 2 is 1.13 bits per heavy atom. The number of alkyl carbamates (subject to hydrolysis) is 1. The van der Waals surface area contributed by atoms with Crippen LogP contribution in [0.15, 0.2) is 138 Å². The molecule has 77 heavy (non-hydrogen) atoms. The van der Waals surface area contributed by atoms with E-state index in [1.807, 2.05) is 109 Å². The number of hydrogen-bond donors (Lipinski definition) is 11. The van der Waals surface area contributed by atoms with Crippen LogP contribution >= 0.6 is 0 Å². The van der Waals surface area contributed by atoms with Crippen molar-refractivity contribution in [3.63, 3.8) is 0 Å². The highest BCUT2D eigenvalue weighted by molar-refractivity contribution is 5.93. The highest BCUT2D eigenvalue weighted by Crippen LogP contribution is 2.27. The summed E-state index contributed by atoms with van der Waals surface area (Å²) < 4.78 is 5.44. The number of hydrogen-bond acceptors (Lipinski definition) is 10. The Bertz CT molecular complexity index is 2680. The molecule has 5 aromatic rings. The van der Waals surface area contributed by atoms with Crippen molar-refractivity contribution in [2.75, 3.05) is 38.0 Å². The van der Waals surface area contributed by atoms with E-state index in [2.05, 4.69) is 47.5 Å². The molecule has 0 spiro atoms. The number of amides is 7. The van der Waals surface area contributed by atoms with Gasteiger partial charge in [-0.2, -0.15) is 4.99 Å². The van der Waals surface area contributed by atoms with Crippen LogP contribution in [0, 0.1) is 0 Å². The van der Waals surface area contributed by atoms with Crippen molar-refractivity contribution in [3.8, 4) is 16.9 Å². The van der Waals surface area contributed by atoms with Crippen LogP contribution in [0.25, 0.3) is 11.1 Å². The van der Waals surface area contributed by atoms with E-state index in [1.54, 1.807) is 39.8 Å². The molecule has 0 radical (unpaired) electrons. The van der Waals surface area contributed by atoms with Crippen molar-refractivity contribution in [1.82, 2.24) is 37.2 Å². The fourth-order valence-corrected chi connectivity index (χ4v) is 8.08. The molecule has 0 aliphatic heterocycles. The Morgan fingerprint density at radius 1 is 0.584 bits per heavy atom. The number of guanidine groups is 1. The van der Waals surface area contributed by atoms with Crippen LogP contribution in [0.5, 0.6) is 5.75 Å². The average Bonchev–Trinajstić information content (AvgIpc) is 3.40. The molecular formula is C58H75N11O8. The summed E-state index contributed by atoms with van der Waals surface area (Å²) in [4.78, 5) is 82.8. The first-order chi connectivity index (χ1) is 37.0. The Balaban J connectivity index is 1.13. The minimum absolute atomic E-state index is 0.0765. The molecule has 13 N–H and O–H groups in total. The number of carbonyl (C=O) groups excluding carboxylic acids is 6. The van der Waals surface area contributed by atoms with Gasteiger partial charge in [0.2, 0.25) is 23.6 Å². The quantitative estimate of drug-likeness (QED) is 0.0172. The first-order valence-electron chi connectivity index (χ1n) is 26.0. The monoisotopic (exact) mass is 1050 g/mol. The molecule has 0 fully saturated rings. The normalized spacial score (nSPS) is 12.9. The summed E-state index contributed by atoms with van der Waals surface area (Å²) in [6.45, 7) is 8.80. The van der Waals surface area contributed by atoms with Gasteiger partial charge in [-0.25, -0.2) is 9.59 Å². The summed E-state index contributed by atoms with van der Waals surface area (Å²) in [6.07, 6.45) is 1.38. The lowest BCUT2D eigenvalue weighted by Crippen LogP contribution is -2.49. The number of nitrogens with two attached hydrogens (primary N) is 2. The largest absolute Gasteiger partial charge is 0.508 e. The van der Waals surface area contributed by atoms with Gasteiger partial charge in [0, 0.05) is 45.0 Å². The highest BCUT2D eigenvalue weighted by Gasteiger charge is 2.29. The third-order valence-corrected chi connectivity index (χ3v) is 12.0. The second kappa shape index (κ2) is 30.8. The molecule has 5 aromatic carbocycles. The van der Waals surface area contributed by atoms with E-state index in [-0.39, 0.29) is 50.1 Å². The van der Waals surface area contributed by atoms with E-state index >= 15 is 0 Å². The van der Waals surface area contributed by atoms with Gasteiger partial charge in [-0.05, 0) is 124 Å². The SMILES string of the molecule is CCNC(=O)/N=C(/N)NCCC[C@@H](NC(=O)C(c1ccccc1)c1ccc(NCCCNC(=O)[C@@H](CCCNC(=O)[C@H](N)Cc2ccc(-c3ccccc3)cc2)NC(=O)OC(C)(C)C)cc1)C(=O)NCc1ccc(O)cc1. The van der Waals surface area contributed by atoms with Gasteiger partial charge >= 0.3 is 12.1 Å². The number of urea groups is 1. The van der Waals surface area contributed by atoms with Crippen LogP contribution in [-0.4, -0.2) is 103 Å². The number of nitrogens with zero attached hydrogens (tertiary/aromatic N) is 1. The lowest BCUT2D eigenvalue weighted by atomic mass is 9.90.